The van der Waals surface area contributed by atoms with E-state index in [0.29, 0.717) is 19.0 Å². The normalized spacial score (nSPS) is 18.7. The number of carbonyl (C=O) groups is 1. The average molecular weight is 276 g/mol. The number of nitrogens with one attached hydrogen (secondary N) is 1. The lowest BCUT2D eigenvalue weighted by Crippen LogP contribution is -2.43. The van der Waals surface area contributed by atoms with Crippen LogP contribution in [0.1, 0.15) is 31.2 Å². The van der Waals surface area contributed by atoms with Gasteiger partial charge >= 0.3 is 0 Å². The first-order valence-corrected chi connectivity index (χ1v) is 7.37. The van der Waals surface area contributed by atoms with Crippen molar-refractivity contribution in [3.63, 3.8) is 0 Å². The molecule has 1 amide bonds. The second kappa shape index (κ2) is 7.41. The van der Waals surface area contributed by atoms with Crippen LogP contribution in [0.4, 0.5) is 0 Å². The predicted octanol–water partition coefficient (Wildman–Crippen LogP) is 1.36. The van der Waals surface area contributed by atoms with E-state index in [-0.39, 0.29) is 12.0 Å². The molecule has 0 aromatic heterocycles. The topological polar surface area (TPSA) is 52.6 Å². The molecule has 2 rings (SSSR count). The molecule has 2 N–H and O–H groups in total. The summed E-state index contributed by atoms with van der Waals surface area (Å²) in [6, 6.07) is 10.2. The maximum absolute atomic E-state index is 11.9. The smallest absolute Gasteiger partial charge is 0.234 e. The van der Waals surface area contributed by atoms with Crippen LogP contribution in [0.15, 0.2) is 30.3 Å². The van der Waals surface area contributed by atoms with Gasteiger partial charge in [-0.2, -0.15) is 0 Å². The predicted molar refractivity (Wildman–Crippen MR) is 79.5 cm³/mol. The number of likely N-dealkylation sites (tertiary alicyclic amines) is 1. The van der Waals surface area contributed by atoms with E-state index in [1.54, 1.807) is 0 Å². The molecule has 1 saturated heterocycles. The Bertz CT molecular complexity index is 414. The highest BCUT2D eigenvalue weighted by atomic mass is 16.3. The number of aliphatic hydroxyl groups is 1. The summed E-state index contributed by atoms with van der Waals surface area (Å²) < 4.78 is 0. The quantitative estimate of drug-likeness (QED) is 0.854. The summed E-state index contributed by atoms with van der Waals surface area (Å²) in [5, 5.41) is 12.4. The molecule has 1 fully saturated rings. The van der Waals surface area contributed by atoms with E-state index in [4.69, 9.17) is 0 Å². The Morgan fingerprint density at radius 3 is 2.65 bits per heavy atom. The largest absolute Gasteiger partial charge is 0.393 e. The van der Waals surface area contributed by atoms with Crippen LogP contribution in [-0.4, -0.2) is 48.2 Å². The van der Waals surface area contributed by atoms with Crippen molar-refractivity contribution in [2.24, 2.45) is 0 Å². The Morgan fingerprint density at radius 1 is 1.35 bits per heavy atom. The van der Waals surface area contributed by atoms with E-state index >= 15 is 0 Å². The molecule has 1 aliphatic rings. The highest BCUT2D eigenvalue weighted by molar-refractivity contribution is 5.78. The zero-order valence-electron chi connectivity index (χ0n) is 12.1. The number of hydrogen-bond acceptors (Lipinski definition) is 3. The van der Waals surface area contributed by atoms with Crippen LogP contribution in [0.2, 0.25) is 0 Å². The highest BCUT2D eigenvalue weighted by Crippen LogP contribution is 2.13. The molecular formula is C16H24N2O2. The summed E-state index contributed by atoms with van der Waals surface area (Å²) >= 11 is 0. The Balaban J connectivity index is 1.70. The molecule has 4 nitrogen and oxygen atoms in total. The van der Waals surface area contributed by atoms with E-state index in [1.807, 2.05) is 18.2 Å². The van der Waals surface area contributed by atoms with Gasteiger partial charge in [-0.25, -0.2) is 0 Å². The third kappa shape index (κ3) is 4.62. The minimum atomic E-state index is -0.188. The van der Waals surface area contributed by atoms with Gasteiger partial charge in [0, 0.05) is 19.6 Å². The second-order valence-corrected chi connectivity index (χ2v) is 5.62. The fraction of sp³-hybridized carbons (Fsp3) is 0.562. The molecule has 1 unspecified atom stereocenters. The molecule has 1 aromatic carbocycles. The van der Waals surface area contributed by atoms with Gasteiger partial charge in [-0.15, -0.1) is 0 Å². The van der Waals surface area contributed by atoms with Crippen LogP contribution < -0.4 is 5.32 Å². The molecule has 20 heavy (non-hydrogen) atoms. The van der Waals surface area contributed by atoms with Crippen LogP contribution in [0.25, 0.3) is 0 Å². The molecule has 1 aromatic rings. The van der Waals surface area contributed by atoms with Crippen molar-refractivity contribution in [2.75, 3.05) is 26.2 Å². The van der Waals surface area contributed by atoms with Crippen molar-refractivity contribution in [3.05, 3.63) is 35.9 Å². The molecule has 1 heterocycles. The SMILES string of the molecule is CC(CNC(=O)CN1CCC(O)CC1)c1ccccc1. The van der Waals surface area contributed by atoms with E-state index < -0.39 is 0 Å². The Labute approximate surface area is 120 Å². The third-order valence-corrected chi connectivity index (χ3v) is 3.90. The summed E-state index contributed by atoms with van der Waals surface area (Å²) in [6.07, 6.45) is 1.36. The lowest BCUT2D eigenvalue weighted by atomic mass is 10.0. The molecule has 0 radical (unpaired) electrons. The van der Waals surface area contributed by atoms with Crippen LogP contribution in [0.3, 0.4) is 0 Å². The lowest BCUT2D eigenvalue weighted by Gasteiger charge is -2.28. The first kappa shape index (κ1) is 15.0. The van der Waals surface area contributed by atoms with Crippen LogP contribution in [0.5, 0.6) is 0 Å². The monoisotopic (exact) mass is 276 g/mol. The van der Waals surface area contributed by atoms with Gasteiger partial charge in [0.15, 0.2) is 0 Å². The molecule has 0 aliphatic carbocycles. The fourth-order valence-electron chi connectivity index (χ4n) is 2.50. The minimum absolute atomic E-state index is 0.0733. The first-order valence-electron chi connectivity index (χ1n) is 7.37. The van der Waals surface area contributed by atoms with Gasteiger partial charge in [-0.05, 0) is 24.3 Å². The van der Waals surface area contributed by atoms with Gasteiger partial charge in [-0.1, -0.05) is 37.3 Å². The average Bonchev–Trinajstić information content (AvgIpc) is 2.48. The maximum atomic E-state index is 11.9. The summed E-state index contributed by atoms with van der Waals surface area (Å²) in [6.45, 7) is 4.84. The number of piperidine rings is 1. The number of carbonyl (C=O) groups excluding carboxylic acids is 1. The van der Waals surface area contributed by atoms with E-state index in [1.165, 1.54) is 5.56 Å². The number of aliphatic hydroxyl groups excluding tert-OH is 1. The first-order chi connectivity index (χ1) is 9.65. The van der Waals surface area contributed by atoms with Crippen molar-refractivity contribution >= 4 is 5.91 Å². The molecule has 0 saturated carbocycles. The molecule has 110 valence electrons. The van der Waals surface area contributed by atoms with E-state index in [0.717, 1.165) is 25.9 Å². The third-order valence-electron chi connectivity index (χ3n) is 3.90. The highest BCUT2D eigenvalue weighted by Gasteiger charge is 2.19. The molecule has 0 spiro atoms. The standard InChI is InChI=1S/C16H24N2O2/c1-13(14-5-3-2-4-6-14)11-17-16(20)12-18-9-7-15(19)8-10-18/h2-6,13,15,19H,7-12H2,1H3,(H,17,20). The lowest BCUT2D eigenvalue weighted by molar-refractivity contribution is -0.122. The van der Waals surface area contributed by atoms with Gasteiger partial charge < -0.3 is 10.4 Å². The fourth-order valence-corrected chi connectivity index (χ4v) is 2.50. The van der Waals surface area contributed by atoms with Gasteiger partial charge in [-0.3, -0.25) is 9.69 Å². The minimum Gasteiger partial charge on any atom is -0.393 e. The van der Waals surface area contributed by atoms with Gasteiger partial charge in [0.1, 0.15) is 0 Å². The van der Waals surface area contributed by atoms with Crippen molar-refractivity contribution in [1.82, 2.24) is 10.2 Å². The molecule has 0 bridgehead atoms. The number of amides is 1. The van der Waals surface area contributed by atoms with Crippen LogP contribution in [-0.2, 0) is 4.79 Å². The number of rotatable bonds is 5. The molecular weight excluding hydrogens is 252 g/mol. The second-order valence-electron chi connectivity index (χ2n) is 5.62. The zero-order chi connectivity index (χ0) is 14.4. The van der Waals surface area contributed by atoms with Crippen molar-refractivity contribution < 1.29 is 9.90 Å². The summed E-state index contributed by atoms with van der Waals surface area (Å²) in [7, 11) is 0. The van der Waals surface area contributed by atoms with Crippen LogP contribution >= 0.6 is 0 Å². The summed E-state index contributed by atoms with van der Waals surface area (Å²) in [4.78, 5) is 14.0. The van der Waals surface area contributed by atoms with Gasteiger partial charge in [0.05, 0.1) is 12.6 Å². The summed E-state index contributed by atoms with van der Waals surface area (Å²) in [5.41, 5.74) is 1.24. The Kier molecular flexibility index (Phi) is 5.56. The number of hydrogen-bond donors (Lipinski definition) is 2. The zero-order valence-corrected chi connectivity index (χ0v) is 12.1. The Hall–Kier alpha value is -1.39. The maximum Gasteiger partial charge on any atom is 0.234 e. The van der Waals surface area contributed by atoms with E-state index in [9.17, 15) is 9.90 Å². The number of benzene rings is 1. The van der Waals surface area contributed by atoms with Gasteiger partial charge in [0.25, 0.3) is 0 Å². The van der Waals surface area contributed by atoms with Crippen molar-refractivity contribution in [1.29, 1.82) is 0 Å². The van der Waals surface area contributed by atoms with Crippen molar-refractivity contribution in [2.45, 2.75) is 31.8 Å². The van der Waals surface area contributed by atoms with Gasteiger partial charge in [0.2, 0.25) is 5.91 Å². The van der Waals surface area contributed by atoms with Crippen molar-refractivity contribution in [3.8, 4) is 0 Å². The van der Waals surface area contributed by atoms with Crippen LogP contribution in [0, 0.1) is 0 Å². The number of nitrogens with zero attached hydrogens (tertiary/aromatic N) is 1. The molecule has 4 heteroatoms. The Morgan fingerprint density at radius 2 is 2.00 bits per heavy atom. The summed E-state index contributed by atoms with van der Waals surface area (Å²) in [5.74, 6) is 0.396. The molecule has 1 atom stereocenters. The van der Waals surface area contributed by atoms with E-state index in [2.05, 4.69) is 29.3 Å². The molecule has 1 aliphatic heterocycles.